The summed E-state index contributed by atoms with van der Waals surface area (Å²) in [6.45, 7) is -0.416. The number of hydrogen-bond donors (Lipinski definition) is 8. The molecular weight excluding hydrogens is 490 g/mol. The van der Waals surface area contributed by atoms with Crippen molar-refractivity contribution in [2.45, 2.75) is 43.8 Å². The fourth-order valence-corrected chi connectivity index (χ4v) is 3.55. The summed E-state index contributed by atoms with van der Waals surface area (Å²) in [5.41, 5.74) is 17.2. The van der Waals surface area contributed by atoms with Crippen molar-refractivity contribution in [3.63, 3.8) is 0 Å². The van der Waals surface area contributed by atoms with Crippen LogP contribution in [0.1, 0.15) is 24.8 Å². The van der Waals surface area contributed by atoms with Crippen molar-refractivity contribution in [3.05, 3.63) is 29.8 Å². The van der Waals surface area contributed by atoms with Crippen LogP contribution in [0.3, 0.4) is 0 Å². The van der Waals surface area contributed by atoms with Crippen LogP contribution in [0.15, 0.2) is 29.3 Å². The van der Waals surface area contributed by atoms with Gasteiger partial charge >= 0.3 is 5.97 Å². The predicted octanol–water partition coefficient (Wildman–Crippen LogP) is -1.76. The van der Waals surface area contributed by atoms with E-state index in [-0.39, 0.29) is 31.1 Å². The highest BCUT2D eigenvalue weighted by atomic mass is 32.2. The number of carbonyl (C=O) groups excluding carboxylic acids is 3. The van der Waals surface area contributed by atoms with Crippen molar-refractivity contribution in [1.29, 1.82) is 0 Å². The highest BCUT2D eigenvalue weighted by Crippen LogP contribution is 2.12. The molecule has 36 heavy (non-hydrogen) atoms. The van der Waals surface area contributed by atoms with Gasteiger partial charge in [-0.25, -0.2) is 0 Å². The van der Waals surface area contributed by atoms with E-state index in [2.05, 4.69) is 20.9 Å². The Balaban J connectivity index is 3.03. The molecule has 3 unspecified atom stereocenters. The monoisotopic (exact) mass is 525 g/mol. The summed E-state index contributed by atoms with van der Waals surface area (Å²) in [6, 6.07) is 2.97. The zero-order valence-electron chi connectivity index (χ0n) is 20.1. The molecule has 1 aromatic carbocycles. The van der Waals surface area contributed by atoms with Gasteiger partial charge in [-0.1, -0.05) is 12.1 Å². The van der Waals surface area contributed by atoms with Gasteiger partial charge in [-0.15, -0.1) is 0 Å². The molecule has 3 amide bonds. The molecule has 0 heterocycles. The maximum atomic E-state index is 13.1. The van der Waals surface area contributed by atoms with Gasteiger partial charge in [-0.3, -0.25) is 24.2 Å². The van der Waals surface area contributed by atoms with E-state index in [0.29, 0.717) is 24.2 Å². The lowest BCUT2D eigenvalue weighted by atomic mass is 10.0. The Morgan fingerprint density at radius 3 is 2.22 bits per heavy atom. The second-order valence-electron chi connectivity index (χ2n) is 7.94. The molecule has 0 aromatic heterocycles. The molecule has 11 N–H and O–H groups in total. The van der Waals surface area contributed by atoms with Crippen molar-refractivity contribution >= 4 is 41.4 Å². The zero-order valence-corrected chi connectivity index (χ0v) is 20.9. The van der Waals surface area contributed by atoms with Crippen molar-refractivity contribution in [1.82, 2.24) is 16.0 Å². The molecule has 13 nitrogen and oxygen atoms in total. The smallest absolute Gasteiger partial charge is 0.322 e. The molecule has 0 aliphatic carbocycles. The highest BCUT2D eigenvalue weighted by molar-refractivity contribution is 7.98. The number of amides is 3. The molecule has 0 spiro atoms. The predicted molar refractivity (Wildman–Crippen MR) is 137 cm³/mol. The lowest BCUT2D eigenvalue weighted by molar-refractivity contribution is -0.138. The first-order chi connectivity index (χ1) is 17.0. The fourth-order valence-electron chi connectivity index (χ4n) is 3.06. The molecule has 14 heteroatoms. The lowest BCUT2D eigenvalue weighted by Gasteiger charge is -2.24. The average Bonchev–Trinajstić information content (AvgIpc) is 2.83. The Kier molecular flexibility index (Phi) is 13.7. The number of thioether (sulfide) groups is 1. The minimum Gasteiger partial charge on any atom is -0.508 e. The molecule has 1 aromatic rings. The van der Waals surface area contributed by atoms with Crippen LogP contribution < -0.4 is 33.2 Å². The molecule has 1 rings (SSSR count). The number of carboxylic acid groups (broad SMARTS) is 1. The van der Waals surface area contributed by atoms with Gasteiger partial charge in [0, 0.05) is 13.0 Å². The summed E-state index contributed by atoms with van der Waals surface area (Å²) in [5.74, 6) is -2.56. The standard InChI is InChI=1S/C22H35N7O6S/c1-36-10-8-15(23)19(33)28-16(3-2-9-26-22(24)25)21(35)29-17(20(34)27-12-18(31)32)11-13-4-6-14(30)7-5-13/h4-7,15-17,30H,2-3,8-12,23H2,1H3,(H,27,34)(H,28,33)(H,29,35)(H,31,32)(H4,24,25,26). The maximum Gasteiger partial charge on any atom is 0.322 e. The van der Waals surface area contributed by atoms with Crippen LogP contribution in [0.4, 0.5) is 0 Å². The summed E-state index contributed by atoms with van der Waals surface area (Å²) in [7, 11) is 0. The number of guanidine groups is 1. The van der Waals surface area contributed by atoms with Crippen LogP contribution in [0.25, 0.3) is 0 Å². The number of aliphatic carboxylic acids is 1. The van der Waals surface area contributed by atoms with Gasteiger partial charge in [0.1, 0.15) is 24.4 Å². The number of hydrogen-bond acceptors (Lipinski definition) is 8. The Morgan fingerprint density at radius 1 is 1.00 bits per heavy atom. The number of benzene rings is 1. The van der Waals surface area contributed by atoms with Crippen LogP contribution in [0, 0.1) is 0 Å². The summed E-state index contributed by atoms with van der Waals surface area (Å²) in [5, 5.41) is 25.8. The fraction of sp³-hybridized carbons (Fsp3) is 0.500. The van der Waals surface area contributed by atoms with E-state index < -0.39 is 48.4 Å². The van der Waals surface area contributed by atoms with Crippen LogP contribution in [-0.2, 0) is 25.6 Å². The van der Waals surface area contributed by atoms with Crippen molar-refractivity contribution in [2.24, 2.45) is 22.2 Å². The number of nitrogens with zero attached hydrogens (tertiary/aromatic N) is 1. The van der Waals surface area contributed by atoms with Gasteiger partial charge < -0.3 is 43.4 Å². The van der Waals surface area contributed by atoms with E-state index in [1.807, 2.05) is 6.26 Å². The van der Waals surface area contributed by atoms with E-state index in [0.717, 1.165) is 0 Å². The molecule has 0 aliphatic rings. The molecule has 3 atom stereocenters. The molecule has 0 bridgehead atoms. The molecular formula is C22H35N7O6S. The summed E-state index contributed by atoms with van der Waals surface area (Å²) in [4.78, 5) is 53.1. The number of aromatic hydroxyl groups is 1. The van der Waals surface area contributed by atoms with E-state index >= 15 is 0 Å². The Morgan fingerprint density at radius 2 is 1.64 bits per heavy atom. The number of phenolic OH excluding ortho intramolecular Hbond substituents is 1. The van der Waals surface area contributed by atoms with Crippen molar-refractivity contribution in [2.75, 3.05) is 25.1 Å². The van der Waals surface area contributed by atoms with E-state index in [1.165, 1.54) is 23.9 Å². The van der Waals surface area contributed by atoms with Crippen LogP contribution in [0.5, 0.6) is 5.75 Å². The highest BCUT2D eigenvalue weighted by Gasteiger charge is 2.28. The van der Waals surface area contributed by atoms with Gasteiger partial charge in [0.2, 0.25) is 17.7 Å². The molecule has 0 radical (unpaired) electrons. The number of carboxylic acids is 1. The van der Waals surface area contributed by atoms with Crippen molar-refractivity contribution < 1.29 is 29.4 Å². The molecule has 200 valence electrons. The SMILES string of the molecule is CSCCC(N)C(=O)NC(CCCN=C(N)N)C(=O)NC(Cc1ccc(O)cc1)C(=O)NCC(=O)O. The van der Waals surface area contributed by atoms with E-state index in [4.69, 9.17) is 22.3 Å². The summed E-state index contributed by atoms with van der Waals surface area (Å²) in [6.07, 6.45) is 2.82. The van der Waals surface area contributed by atoms with Crippen LogP contribution >= 0.6 is 11.8 Å². The third-order valence-electron chi connectivity index (χ3n) is 4.97. The van der Waals surface area contributed by atoms with Crippen LogP contribution in [0.2, 0.25) is 0 Å². The zero-order chi connectivity index (χ0) is 27.1. The second kappa shape index (κ2) is 16.2. The minimum absolute atomic E-state index is 0.0133. The van der Waals surface area contributed by atoms with E-state index in [9.17, 15) is 24.3 Å². The summed E-state index contributed by atoms with van der Waals surface area (Å²) < 4.78 is 0. The molecule has 0 saturated carbocycles. The van der Waals surface area contributed by atoms with Gasteiger partial charge in [0.05, 0.1) is 6.04 Å². The Bertz CT molecular complexity index is 909. The molecule has 0 saturated heterocycles. The average molecular weight is 526 g/mol. The summed E-state index contributed by atoms with van der Waals surface area (Å²) >= 11 is 1.53. The number of nitrogens with two attached hydrogens (primary N) is 3. The van der Waals surface area contributed by atoms with Gasteiger partial charge in [-0.05, 0) is 49.0 Å². The third-order valence-corrected chi connectivity index (χ3v) is 5.61. The molecule has 0 aliphatic heterocycles. The van der Waals surface area contributed by atoms with Gasteiger partial charge in [0.25, 0.3) is 0 Å². The normalized spacial score (nSPS) is 13.1. The number of phenols is 1. The first-order valence-corrected chi connectivity index (χ1v) is 12.6. The molecule has 0 fully saturated rings. The quantitative estimate of drug-likeness (QED) is 0.0687. The van der Waals surface area contributed by atoms with Gasteiger partial charge in [0.15, 0.2) is 5.96 Å². The second-order valence-corrected chi connectivity index (χ2v) is 8.93. The van der Waals surface area contributed by atoms with Crippen LogP contribution in [-0.4, -0.2) is 83.1 Å². The minimum atomic E-state index is -1.25. The number of aliphatic imine (C=N–C) groups is 1. The topological polar surface area (TPSA) is 235 Å². The Hall–Kier alpha value is -3.52. The first kappa shape index (κ1) is 30.5. The first-order valence-electron chi connectivity index (χ1n) is 11.2. The largest absolute Gasteiger partial charge is 0.508 e. The lowest BCUT2D eigenvalue weighted by Crippen LogP contribution is -2.56. The van der Waals surface area contributed by atoms with E-state index in [1.54, 1.807) is 12.1 Å². The third kappa shape index (κ3) is 12.3. The van der Waals surface area contributed by atoms with Crippen molar-refractivity contribution in [3.8, 4) is 5.75 Å². The maximum absolute atomic E-state index is 13.1. The number of carbonyl (C=O) groups is 4. The number of nitrogens with one attached hydrogen (secondary N) is 3. The number of rotatable bonds is 16. The Labute approximate surface area is 213 Å². The van der Waals surface area contributed by atoms with Gasteiger partial charge in [-0.2, -0.15) is 11.8 Å².